The number of carbonyl (C=O) groups is 3. The van der Waals surface area contributed by atoms with E-state index in [1.54, 1.807) is 24.3 Å². The van der Waals surface area contributed by atoms with E-state index in [4.69, 9.17) is 4.74 Å². The number of carbonyl (C=O) groups excluding carboxylic acids is 3. The number of nitrogens with one attached hydrogen (secondary N) is 1. The van der Waals surface area contributed by atoms with Crippen LogP contribution in [0.2, 0.25) is 0 Å². The lowest BCUT2D eigenvalue weighted by Crippen LogP contribution is -2.54. The van der Waals surface area contributed by atoms with E-state index in [0.717, 1.165) is 36.8 Å². The molecule has 0 saturated carbocycles. The van der Waals surface area contributed by atoms with Gasteiger partial charge >= 0.3 is 6.03 Å². The molecule has 0 aromatic heterocycles. The number of hydrogen-bond acceptors (Lipinski definition) is 4. The minimum absolute atomic E-state index is 0.153. The molecule has 1 aliphatic rings. The first kappa shape index (κ1) is 25.4. The Morgan fingerprint density at radius 1 is 0.947 bits per heavy atom. The van der Waals surface area contributed by atoms with Gasteiger partial charge in [-0.3, -0.25) is 14.9 Å². The van der Waals surface area contributed by atoms with Crippen molar-refractivity contribution in [3.05, 3.63) is 111 Å². The lowest BCUT2D eigenvalue weighted by Gasteiger charge is -2.28. The lowest BCUT2D eigenvalue weighted by molar-refractivity contribution is -0.122. The molecule has 4 aromatic carbocycles. The zero-order chi connectivity index (χ0) is 26.8. The number of amides is 4. The first-order valence-electron chi connectivity index (χ1n) is 12.3. The number of halogens is 1. The van der Waals surface area contributed by atoms with Gasteiger partial charge in [-0.1, -0.05) is 77.5 Å². The van der Waals surface area contributed by atoms with E-state index in [1.807, 2.05) is 44.2 Å². The number of barbiturate groups is 1. The van der Waals surface area contributed by atoms with Crippen molar-refractivity contribution in [1.82, 2.24) is 5.32 Å². The standard InChI is InChI=1S/C31H25BrN2O4/c1-3-20-8-5-7-11-27(20)34-30(36)25(29(35)33-31(34)37)17-22-16-23(32)14-15-28(22)38-18-26-19(2)12-13-21-9-4-6-10-24(21)26/h4-17H,3,18H2,1-2H3,(H,33,35,37)/b25-17-. The molecule has 6 nitrogen and oxygen atoms in total. The fourth-order valence-corrected chi connectivity index (χ4v) is 4.99. The van der Waals surface area contributed by atoms with Crippen molar-refractivity contribution in [3.8, 4) is 5.75 Å². The van der Waals surface area contributed by atoms with Gasteiger partial charge in [-0.15, -0.1) is 0 Å². The second-order valence-electron chi connectivity index (χ2n) is 8.99. The van der Waals surface area contributed by atoms with E-state index in [-0.39, 0.29) is 5.57 Å². The molecule has 5 rings (SSSR count). The van der Waals surface area contributed by atoms with Crippen LogP contribution in [0.4, 0.5) is 10.5 Å². The molecule has 1 N–H and O–H groups in total. The Balaban J connectivity index is 1.51. The van der Waals surface area contributed by atoms with Crippen molar-refractivity contribution in [3.63, 3.8) is 0 Å². The van der Waals surface area contributed by atoms with E-state index in [0.29, 0.717) is 30.0 Å². The quantitative estimate of drug-likeness (QED) is 0.207. The lowest BCUT2D eigenvalue weighted by atomic mass is 10.0. The Bertz CT molecular complexity index is 1630. The Kier molecular flexibility index (Phi) is 7.11. The van der Waals surface area contributed by atoms with Crippen LogP contribution in [0.5, 0.6) is 5.75 Å². The monoisotopic (exact) mass is 568 g/mol. The number of ether oxygens (including phenoxy) is 1. The Hall–Kier alpha value is -4.23. The number of hydrogen-bond donors (Lipinski definition) is 1. The third-order valence-corrected chi connectivity index (χ3v) is 7.13. The summed E-state index contributed by atoms with van der Waals surface area (Å²) in [6, 6.07) is 24.1. The number of benzene rings is 4. The normalized spacial score (nSPS) is 14.8. The molecule has 7 heteroatoms. The molecule has 190 valence electrons. The summed E-state index contributed by atoms with van der Waals surface area (Å²) in [4.78, 5) is 40.1. The van der Waals surface area contributed by atoms with Gasteiger partial charge in [-0.2, -0.15) is 0 Å². The molecule has 1 heterocycles. The number of urea groups is 1. The third-order valence-electron chi connectivity index (χ3n) is 6.63. The molecular weight excluding hydrogens is 544 g/mol. The smallest absolute Gasteiger partial charge is 0.335 e. The maximum Gasteiger partial charge on any atom is 0.335 e. The molecule has 1 fully saturated rings. The van der Waals surface area contributed by atoms with Crippen molar-refractivity contribution < 1.29 is 19.1 Å². The third kappa shape index (κ3) is 4.85. The van der Waals surface area contributed by atoms with Gasteiger partial charge in [0.25, 0.3) is 11.8 Å². The Morgan fingerprint density at radius 3 is 2.53 bits per heavy atom. The highest BCUT2D eigenvalue weighted by Gasteiger charge is 2.37. The van der Waals surface area contributed by atoms with E-state index < -0.39 is 17.8 Å². The summed E-state index contributed by atoms with van der Waals surface area (Å²) in [5.41, 5.74) is 3.82. The van der Waals surface area contributed by atoms with E-state index in [2.05, 4.69) is 45.5 Å². The summed E-state index contributed by atoms with van der Waals surface area (Å²) in [5.74, 6) is -0.928. The number of nitrogens with zero attached hydrogens (tertiary/aromatic N) is 1. The summed E-state index contributed by atoms with van der Waals surface area (Å²) < 4.78 is 7.01. The van der Waals surface area contributed by atoms with Crippen molar-refractivity contribution in [1.29, 1.82) is 0 Å². The first-order valence-corrected chi connectivity index (χ1v) is 13.1. The second kappa shape index (κ2) is 10.6. The van der Waals surface area contributed by atoms with Gasteiger partial charge in [-0.05, 0) is 65.6 Å². The van der Waals surface area contributed by atoms with Crippen LogP contribution in [-0.4, -0.2) is 17.8 Å². The van der Waals surface area contributed by atoms with Gasteiger partial charge in [0.15, 0.2) is 0 Å². The van der Waals surface area contributed by atoms with Gasteiger partial charge in [0.1, 0.15) is 17.9 Å². The maximum atomic E-state index is 13.5. The summed E-state index contributed by atoms with van der Waals surface area (Å²) >= 11 is 3.47. The summed E-state index contributed by atoms with van der Waals surface area (Å²) in [6.07, 6.45) is 2.10. The molecule has 4 aromatic rings. The number of anilines is 1. The highest BCUT2D eigenvalue weighted by Crippen LogP contribution is 2.31. The molecule has 0 radical (unpaired) electrons. The average Bonchev–Trinajstić information content (AvgIpc) is 2.91. The average molecular weight is 569 g/mol. The molecule has 0 aliphatic carbocycles. The zero-order valence-corrected chi connectivity index (χ0v) is 22.5. The van der Waals surface area contributed by atoms with Crippen LogP contribution in [0.15, 0.2) is 88.9 Å². The van der Waals surface area contributed by atoms with Crippen molar-refractivity contribution >= 4 is 56.3 Å². The summed E-state index contributed by atoms with van der Waals surface area (Å²) in [6.45, 7) is 4.29. The molecule has 1 saturated heterocycles. The van der Waals surface area contributed by atoms with Crippen molar-refractivity contribution in [2.45, 2.75) is 26.9 Å². The SMILES string of the molecule is CCc1ccccc1N1C(=O)NC(=O)/C(=C/c2cc(Br)ccc2OCc2c(C)ccc3ccccc23)C1=O. The molecule has 0 bridgehead atoms. The molecule has 38 heavy (non-hydrogen) atoms. The molecule has 4 amide bonds. The van der Waals surface area contributed by atoms with E-state index in [1.165, 1.54) is 6.08 Å². The number of imide groups is 2. The molecule has 0 spiro atoms. The van der Waals surface area contributed by atoms with Crippen LogP contribution in [0.25, 0.3) is 16.8 Å². The summed E-state index contributed by atoms with van der Waals surface area (Å²) in [5, 5.41) is 4.53. The van der Waals surface area contributed by atoms with Crippen LogP contribution < -0.4 is 15.0 Å². The fraction of sp³-hybridized carbons (Fsp3) is 0.129. The predicted molar refractivity (Wildman–Crippen MR) is 152 cm³/mol. The van der Waals surface area contributed by atoms with Crippen LogP contribution >= 0.6 is 15.9 Å². The number of rotatable bonds is 6. The van der Waals surface area contributed by atoms with Crippen LogP contribution in [-0.2, 0) is 22.6 Å². The maximum absolute atomic E-state index is 13.5. The number of para-hydroxylation sites is 1. The Morgan fingerprint density at radius 2 is 1.71 bits per heavy atom. The summed E-state index contributed by atoms with van der Waals surface area (Å²) in [7, 11) is 0. The van der Waals surface area contributed by atoms with Gasteiger partial charge in [0.2, 0.25) is 0 Å². The van der Waals surface area contributed by atoms with Gasteiger partial charge in [-0.25, -0.2) is 9.69 Å². The molecule has 1 aliphatic heterocycles. The number of aryl methyl sites for hydroxylation is 2. The topological polar surface area (TPSA) is 75.7 Å². The van der Waals surface area contributed by atoms with Crippen molar-refractivity contribution in [2.24, 2.45) is 0 Å². The zero-order valence-electron chi connectivity index (χ0n) is 21.0. The van der Waals surface area contributed by atoms with E-state index in [9.17, 15) is 14.4 Å². The van der Waals surface area contributed by atoms with Crippen LogP contribution in [0, 0.1) is 6.92 Å². The largest absolute Gasteiger partial charge is 0.488 e. The molecule has 0 unspecified atom stereocenters. The molecule has 0 atom stereocenters. The van der Waals surface area contributed by atoms with E-state index >= 15 is 0 Å². The van der Waals surface area contributed by atoms with Gasteiger partial charge in [0, 0.05) is 15.6 Å². The van der Waals surface area contributed by atoms with Gasteiger partial charge < -0.3 is 4.74 Å². The first-order chi connectivity index (χ1) is 18.4. The minimum Gasteiger partial charge on any atom is -0.488 e. The highest BCUT2D eigenvalue weighted by molar-refractivity contribution is 9.10. The highest BCUT2D eigenvalue weighted by atomic mass is 79.9. The van der Waals surface area contributed by atoms with Gasteiger partial charge in [0.05, 0.1) is 5.69 Å². The van der Waals surface area contributed by atoms with Crippen LogP contribution in [0.3, 0.4) is 0 Å². The second-order valence-corrected chi connectivity index (χ2v) is 9.91. The van der Waals surface area contributed by atoms with Crippen LogP contribution in [0.1, 0.15) is 29.2 Å². The predicted octanol–water partition coefficient (Wildman–Crippen LogP) is 6.72. The fourth-order valence-electron chi connectivity index (χ4n) is 4.61. The van der Waals surface area contributed by atoms with Crippen molar-refractivity contribution in [2.75, 3.05) is 4.90 Å². The number of fused-ring (bicyclic) bond motifs is 1. The minimum atomic E-state index is -0.768. The Labute approximate surface area is 229 Å². The molecular formula is C31H25BrN2O4.